The molecular weight excluding hydrogens is 382 g/mol. The lowest BCUT2D eigenvalue weighted by molar-refractivity contribution is -0.126. The lowest BCUT2D eigenvalue weighted by Gasteiger charge is -2.21. The van der Waals surface area contributed by atoms with Crippen molar-refractivity contribution in [1.29, 1.82) is 0 Å². The van der Waals surface area contributed by atoms with Crippen LogP contribution < -0.4 is 10.6 Å². The van der Waals surface area contributed by atoms with Gasteiger partial charge in [0.15, 0.2) is 5.03 Å². The molecule has 10 heteroatoms. The maximum absolute atomic E-state index is 12.9. The summed E-state index contributed by atoms with van der Waals surface area (Å²) in [6, 6.07) is 0. The Morgan fingerprint density at radius 3 is 2.75 bits per heavy atom. The predicted molar refractivity (Wildman–Crippen MR) is 103 cm³/mol. The van der Waals surface area contributed by atoms with E-state index in [1.165, 1.54) is 29.7 Å². The number of aryl methyl sites for hydroxylation is 1. The number of nitrogens with zero attached hydrogens (tertiary/aromatic N) is 3. The van der Waals surface area contributed by atoms with Crippen molar-refractivity contribution in [3.63, 3.8) is 0 Å². The van der Waals surface area contributed by atoms with E-state index in [1.807, 2.05) is 0 Å². The molecule has 1 aliphatic heterocycles. The van der Waals surface area contributed by atoms with Crippen LogP contribution in [0.1, 0.15) is 38.5 Å². The second-order valence-electron chi connectivity index (χ2n) is 7.70. The molecule has 1 saturated heterocycles. The van der Waals surface area contributed by atoms with E-state index in [9.17, 15) is 18.0 Å². The molecule has 1 aromatic heterocycles. The second-order valence-corrected chi connectivity index (χ2v) is 9.58. The van der Waals surface area contributed by atoms with Crippen LogP contribution in [0, 0.1) is 11.8 Å². The van der Waals surface area contributed by atoms with Crippen LogP contribution in [0.4, 0.5) is 0 Å². The zero-order chi connectivity index (χ0) is 20.1. The first-order valence-corrected chi connectivity index (χ1v) is 11.3. The van der Waals surface area contributed by atoms with Crippen LogP contribution in [0.2, 0.25) is 0 Å². The van der Waals surface area contributed by atoms with Gasteiger partial charge in [0.1, 0.15) is 0 Å². The summed E-state index contributed by atoms with van der Waals surface area (Å²) in [5.41, 5.74) is 0. The van der Waals surface area contributed by atoms with Gasteiger partial charge in [-0.2, -0.15) is 4.31 Å². The summed E-state index contributed by atoms with van der Waals surface area (Å²) in [5, 5.41) is 5.77. The Balaban J connectivity index is 1.67. The first-order valence-electron chi connectivity index (χ1n) is 9.89. The highest BCUT2D eigenvalue weighted by atomic mass is 32.2. The molecule has 1 aliphatic carbocycles. The van der Waals surface area contributed by atoms with Crippen molar-refractivity contribution in [1.82, 2.24) is 24.5 Å². The van der Waals surface area contributed by atoms with E-state index in [4.69, 9.17) is 0 Å². The average molecular weight is 412 g/mol. The minimum absolute atomic E-state index is 0.000436. The van der Waals surface area contributed by atoms with Gasteiger partial charge in [0.2, 0.25) is 11.8 Å². The molecule has 28 heavy (non-hydrogen) atoms. The second kappa shape index (κ2) is 9.04. The van der Waals surface area contributed by atoms with Crippen molar-refractivity contribution in [2.24, 2.45) is 18.9 Å². The third kappa shape index (κ3) is 5.54. The fraction of sp³-hybridized carbons (Fsp3) is 0.722. The topological polar surface area (TPSA) is 113 Å². The van der Waals surface area contributed by atoms with Crippen molar-refractivity contribution < 1.29 is 18.0 Å². The van der Waals surface area contributed by atoms with Crippen LogP contribution in [0.15, 0.2) is 17.6 Å². The van der Waals surface area contributed by atoms with Crippen LogP contribution in [0.25, 0.3) is 0 Å². The highest BCUT2D eigenvalue weighted by Crippen LogP contribution is 2.28. The standard InChI is InChI=1S/C18H29N5O4S/c1-22-12-17(21-13-22)28(26,27)23-9-2-3-15(6-8-19-16(24)7-10-23)18(25)20-11-14-4-5-14/h12-15H,2-11H2,1H3,(H,19,24)(H,20,25). The lowest BCUT2D eigenvalue weighted by Crippen LogP contribution is -2.36. The molecule has 3 rings (SSSR count). The molecule has 1 unspecified atom stereocenters. The number of carbonyl (C=O) groups excluding carboxylic acids is 2. The van der Waals surface area contributed by atoms with E-state index in [0.29, 0.717) is 38.3 Å². The molecule has 2 amide bonds. The molecule has 1 aromatic rings. The summed E-state index contributed by atoms with van der Waals surface area (Å²) in [7, 11) is -2.07. The van der Waals surface area contributed by atoms with Crippen LogP contribution in [0.5, 0.6) is 0 Å². The summed E-state index contributed by atoms with van der Waals surface area (Å²) in [4.78, 5) is 28.5. The minimum atomic E-state index is -3.77. The maximum atomic E-state index is 12.9. The normalized spacial score (nSPS) is 22.9. The van der Waals surface area contributed by atoms with Gasteiger partial charge in [0.25, 0.3) is 10.0 Å². The summed E-state index contributed by atoms with van der Waals surface area (Å²) < 4.78 is 28.7. The summed E-state index contributed by atoms with van der Waals surface area (Å²) in [6.07, 6.45) is 7.02. The Labute approximate surface area is 165 Å². The number of hydrogen-bond donors (Lipinski definition) is 2. The van der Waals surface area contributed by atoms with Crippen molar-refractivity contribution in [2.75, 3.05) is 26.2 Å². The SMILES string of the molecule is Cn1cnc(S(=O)(=O)N2CCCC(C(=O)NCC3CC3)CCNC(=O)CC2)c1. The molecule has 0 bridgehead atoms. The number of carbonyl (C=O) groups is 2. The van der Waals surface area contributed by atoms with E-state index in [0.717, 1.165) is 0 Å². The highest BCUT2D eigenvalue weighted by Gasteiger charge is 2.29. The molecule has 9 nitrogen and oxygen atoms in total. The number of amides is 2. The molecule has 2 aliphatic rings. The zero-order valence-electron chi connectivity index (χ0n) is 16.3. The Morgan fingerprint density at radius 2 is 2.07 bits per heavy atom. The van der Waals surface area contributed by atoms with Gasteiger partial charge in [0, 0.05) is 51.8 Å². The minimum Gasteiger partial charge on any atom is -0.356 e. The van der Waals surface area contributed by atoms with Gasteiger partial charge in [-0.3, -0.25) is 9.59 Å². The van der Waals surface area contributed by atoms with E-state index >= 15 is 0 Å². The van der Waals surface area contributed by atoms with E-state index in [2.05, 4.69) is 15.6 Å². The predicted octanol–water partition coefficient (Wildman–Crippen LogP) is 0.243. The third-order valence-electron chi connectivity index (χ3n) is 5.28. The molecule has 0 radical (unpaired) electrons. The Bertz CT molecular complexity index is 803. The number of rotatable bonds is 5. The largest absolute Gasteiger partial charge is 0.356 e. The Kier molecular flexibility index (Phi) is 6.71. The molecule has 2 N–H and O–H groups in total. The van der Waals surface area contributed by atoms with Crippen molar-refractivity contribution in [3.05, 3.63) is 12.5 Å². The number of aromatic nitrogens is 2. The third-order valence-corrected chi connectivity index (χ3v) is 7.07. The quantitative estimate of drug-likeness (QED) is 0.721. The molecular formula is C18H29N5O4S. The van der Waals surface area contributed by atoms with Gasteiger partial charge in [-0.05, 0) is 38.0 Å². The first kappa shape index (κ1) is 20.8. The number of imidazole rings is 1. The van der Waals surface area contributed by atoms with Gasteiger partial charge < -0.3 is 15.2 Å². The first-order chi connectivity index (χ1) is 13.4. The highest BCUT2D eigenvalue weighted by molar-refractivity contribution is 7.89. The van der Waals surface area contributed by atoms with Crippen molar-refractivity contribution in [3.8, 4) is 0 Å². The summed E-state index contributed by atoms with van der Waals surface area (Å²) in [5.74, 6) is 0.168. The molecule has 2 fully saturated rings. The molecule has 1 atom stereocenters. The number of nitrogens with one attached hydrogen (secondary N) is 2. The van der Waals surface area contributed by atoms with E-state index in [1.54, 1.807) is 11.6 Å². The van der Waals surface area contributed by atoms with Crippen LogP contribution in [-0.4, -0.2) is 60.3 Å². The maximum Gasteiger partial charge on any atom is 0.262 e. The molecule has 2 heterocycles. The monoisotopic (exact) mass is 411 g/mol. The molecule has 1 saturated carbocycles. The van der Waals surface area contributed by atoms with Gasteiger partial charge in [-0.15, -0.1) is 0 Å². The van der Waals surface area contributed by atoms with Crippen LogP contribution in [0.3, 0.4) is 0 Å². The number of hydrogen-bond acceptors (Lipinski definition) is 5. The fourth-order valence-electron chi connectivity index (χ4n) is 3.34. The zero-order valence-corrected chi connectivity index (χ0v) is 17.1. The van der Waals surface area contributed by atoms with Gasteiger partial charge in [0.05, 0.1) is 6.33 Å². The smallest absolute Gasteiger partial charge is 0.262 e. The van der Waals surface area contributed by atoms with Crippen LogP contribution >= 0.6 is 0 Å². The summed E-state index contributed by atoms with van der Waals surface area (Å²) >= 11 is 0. The number of sulfonamides is 1. The fourth-order valence-corrected chi connectivity index (χ4v) is 4.78. The van der Waals surface area contributed by atoms with Gasteiger partial charge in [-0.1, -0.05) is 0 Å². The lowest BCUT2D eigenvalue weighted by atomic mass is 9.98. The van der Waals surface area contributed by atoms with Gasteiger partial charge in [-0.25, -0.2) is 13.4 Å². The van der Waals surface area contributed by atoms with E-state index in [-0.39, 0.29) is 42.3 Å². The summed E-state index contributed by atoms with van der Waals surface area (Å²) in [6.45, 7) is 1.50. The molecule has 156 valence electrons. The Morgan fingerprint density at radius 1 is 1.29 bits per heavy atom. The average Bonchev–Trinajstić information content (AvgIpc) is 3.38. The van der Waals surface area contributed by atoms with Gasteiger partial charge >= 0.3 is 0 Å². The molecule has 0 aromatic carbocycles. The van der Waals surface area contributed by atoms with E-state index < -0.39 is 10.0 Å². The molecule has 0 spiro atoms. The van der Waals surface area contributed by atoms with Crippen molar-refractivity contribution >= 4 is 21.8 Å². The Hall–Kier alpha value is -1.94. The van der Waals surface area contributed by atoms with Crippen LogP contribution in [-0.2, 0) is 26.7 Å². The van der Waals surface area contributed by atoms with Crippen molar-refractivity contribution in [2.45, 2.75) is 43.6 Å².